The van der Waals surface area contributed by atoms with E-state index in [4.69, 9.17) is 0 Å². The van der Waals surface area contributed by atoms with E-state index in [0.717, 1.165) is 42.6 Å². The van der Waals surface area contributed by atoms with Crippen molar-refractivity contribution in [3.8, 4) is 0 Å². The van der Waals surface area contributed by atoms with Crippen LogP contribution in [-0.4, -0.2) is 16.0 Å². The van der Waals surface area contributed by atoms with Crippen molar-refractivity contribution < 1.29 is 4.79 Å². The molecular formula is C12H16N2O. The minimum atomic E-state index is 0.0283. The summed E-state index contributed by atoms with van der Waals surface area (Å²) >= 11 is 0. The highest BCUT2D eigenvalue weighted by Gasteiger charge is 2.53. The summed E-state index contributed by atoms with van der Waals surface area (Å²) in [5, 5.41) is 7.33. The van der Waals surface area contributed by atoms with E-state index < -0.39 is 0 Å². The molecule has 0 aromatic carbocycles. The average Bonchev–Trinajstić information content (AvgIpc) is 2.83. The topological polar surface area (TPSA) is 45.8 Å². The third kappa shape index (κ3) is 1.12. The van der Waals surface area contributed by atoms with E-state index in [1.54, 1.807) is 0 Å². The Kier molecular flexibility index (Phi) is 1.65. The van der Waals surface area contributed by atoms with E-state index in [2.05, 4.69) is 24.0 Å². The number of hydrogen-bond acceptors (Lipinski definition) is 2. The van der Waals surface area contributed by atoms with Gasteiger partial charge in [0.25, 0.3) is 0 Å². The molecular weight excluding hydrogens is 188 g/mol. The van der Waals surface area contributed by atoms with Crippen molar-refractivity contribution in [3.63, 3.8) is 0 Å². The number of aryl methyl sites for hydroxylation is 1. The van der Waals surface area contributed by atoms with Crippen molar-refractivity contribution in [1.29, 1.82) is 0 Å². The molecule has 2 aliphatic carbocycles. The lowest BCUT2D eigenvalue weighted by molar-refractivity contribution is 0.0878. The number of nitrogens with one attached hydrogen (secondary N) is 1. The molecule has 1 N–H and O–H groups in total. The van der Waals surface area contributed by atoms with Crippen LogP contribution in [0.3, 0.4) is 0 Å². The van der Waals surface area contributed by atoms with Crippen molar-refractivity contribution in [3.05, 3.63) is 17.0 Å². The fraction of sp³-hybridized carbons (Fsp3) is 0.667. The number of carbonyl (C=O) groups excluding carboxylic acids is 1. The van der Waals surface area contributed by atoms with Crippen LogP contribution >= 0.6 is 0 Å². The van der Waals surface area contributed by atoms with Gasteiger partial charge in [-0.25, -0.2) is 0 Å². The molecule has 0 bridgehead atoms. The number of H-pyrrole nitrogens is 1. The Labute approximate surface area is 89.3 Å². The number of aromatic nitrogens is 2. The Morgan fingerprint density at radius 2 is 2.07 bits per heavy atom. The molecule has 0 amide bonds. The Bertz CT molecular complexity index is 427. The summed E-state index contributed by atoms with van der Waals surface area (Å²) in [6.07, 6.45) is 4.21. The first-order valence-electron chi connectivity index (χ1n) is 5.76. The highest BCUT2D eigenvalue weighted by atomic mass is 16.1. The van der Waals surface area contributed by atoms with Gasteiger partial charge >= 0.3 is 0 Å². The van der Waals surface area contributed by atoms with Crippen molar-refractivity contribution in [2.45, 2.75) is 45.4 Å². The standard InChI is InChI=1S/C12H16N2O/c1-7(2)10-9-8(13-14-10)3-4-12(5-6-12)11(9)15/h7H,3-6H2,1-2H3,(H,13,14). The minimum absolute atomic E-state index is 0.0283. The Hall–Kier alpha value is -1.12. The maximum atomic E-state index is 12.3. The highest BCUT2D eigenvalue weighted by Crippen LogP contribution is 2.54. The molecule has 0 radical (unpaired) electrons. The van der Waals surface area contributed by atoms with E-state index in [-0.39, 0.29) is 5.41 Å². The number of nitrogens with zero attached hydrogens (tertiary/aromatic N) is 1. The molecule has 1 fully saturated rings. The van der Waals surface area contributed by atoms with Gasteiger partial charge in [-0.2, -0.15) is 5.10 Å². The van der Waals surface area contributed by atoms with Gasteiger partial charge < -0.3 is 0 Å². The molecule has 15 heavy (non-hydrogen) atoms. The van der Waals surface area contributed by atoms with Gasteiger partial charge in [-0.05, 0) is 31.6 Å². The van der Waals surface area contributed by atoms with E-state index in [0.29, 0.717) is 11.7 Å². The van der Waals surface area contributed by atoms with Gasteiger partial charge in [-0.1, -0.05) is 13.8 Å². The second-order valence-electron chi connectivity index (χ2n) is 5.23. The Morgan fingerprint density at radius 3 is 2.67 bits per heavy atom. The van der Waals surface area contributed by atoms with Crippen molar-refractivity contribution >= 4 is 5.78 Å². The van der Waals surface area contributed by atoms with Crippen molar-refractivity contribution in [2.24, 2.45) is 5.41 Å². The average molecular weight is 204 g/mol. The third-order valence-corrected chi connectivity index (χ3v) is 3.83. The van der Waals surface area contributed by atoms with Crippen molar-refractivity contribution in [2.75, 3.05) is 0 Å². The fourth-order valence-electron chi connectivity index (χ4n) is 2.62. The van der Waals surface area contributed by atoms with Crippen LogP contribution < -0.4 is 0 Å². The molecule has 0 atom stereocenters. The molecule has 1 saturated carbocycles. The van der Waals surface area contributed by atoms with Gasteiger partial charge in [0, 0.05) is 11.1 Å². The van der Waals surface area contributed by atoms with Crippen LogP contribution in [0.4, 0.5) is 0 Å². The lowest BCUT2D eigenvalue weighted by atomic mass is 9.81. The van der Waals surface area contributed by atoms with Crippen LogP contribution in [-0.2, 0) is 6.42 Å². The first-order valence-corrected chi connectivity index (χ1v) is 5.76. The normalized spacial score (nSPS) is 22.2. The molecule has 3 rings (SSSR count). The third-order valence-electron chi connectivity index (χ3n) is 3.83. The number of ketones is 1. The van der Waals surface area contributed by atoms with E-state index >= 15 is 0 Å². The van der Waals surface area contributed by atoms with E-state index in [9.17, 15) is 4.79 Å². The zero-order chi connectivity index (χ0) is 10.6. The molecule has 1 aromatic rings. The first kappa shape index (κ1) is 9.13. The zero-order valence-corrected chi connectivity index (χ0v) is 9.26. The summed E-state index contributed by atoms with van der Waals surface area (Å²) in [7, 11) is 0. The lowest BCUT2D eigenvalue weighted by Gasteiger charge is -2.20. The van der Waals surface area contributed by atoms with Gasteiger partial charge in [0.05, 0.1) is 11.3 Å². The first-order chi connectivity index (χ1) is 7.14. The van der Waals surface area contributed by atoms with Crippen LogP contribution in [0.15, 0.2) is 0 Å². The predicted molar refractivity (Wildman–Crippen MR) is 57.0 cm³/mol. The van der Waals surface area contributed by atoms with E-state index in [1.807, 2.05) is 0 Å². The van der Waals surface area contributed by atoms with Gasteiger partial charge in [0.15, 0.2) is 5.78 Å². The molecule has 0 saturated heterocycles. The predicted octanol–water partition coefficient (Wildman–Crippen LogP) is 2.44. The molecule has 80 valence electrons. The number of Topliss-reactive ketones (excluding diaryl/α,β-unsaturated/α-hetero) is 1. The summed E-state index contributed by atoms with van der Waals surface area (Å²) in [4.78, 5) is 12.3. The van der Waals surface area contributed by atoms with Gasteiger partial charge in [0.2, 0.25) is 0 Å². The second kappa shape index (κ2) is 2.71. The summed E-state index contributed by atoms with van der Waals surface area (Å²) in [5.74, 6) is 0.698. The summed E-state index contributed by atoms with van der Waals surface area (Å²) < 4.78 is 0. The van der Waals surface area contributed by atoms with Crippen LogP contribution in [0.5, 0.6) is 0 Å². The number of hydrogen-bond donors (Lipinski definition) is 1. The SMILES string of the molecule is CC(C)c1n[nH]c2c1C(=O)C1(CC2)CC1. The monoisotopic (exact) mass is 204 g/mol. The van der Waals surface area contributed by atoms with Crippen molar-refractivity contribution in [1.82, 2.24) is 10.2 Å². The lowest BCUT2D eigenvalue weighted by Crippen LogP contribution is -2.24. The zero-order valence-electron chi connectivity index (χ0n) is 9.26. The molecule has 1 spiro atoms. The molecule has 0 aliphatic heterocycles. The largest absolute Gasteiger partial charge is 0.293 e. The maximum absolute atomic E-state index is 12.3. The van der Waals surface area contributed by atoms with Crippen LogP contribution in [0.2, 0.25) is 0 Å². The Morgan fingerprint density at radius 1 is 1.33 bits per heavy atom. The summed E-state index contributed by atoms with van der Waals surface area (Å²) in [5.41, 5.74) is 3.00. The number of fused-ring (bicyclic) bond motifs is 1. The summed E-state index contributed by atoms with van der Waals surface area (Å²) in [6, 6.07) is 0. The smallest absolute Gasteiger partial charge is 0.172 e. The molecule has 3 nitrogen and oxygen atoms in total. The van der Waals surface area contributed by atoms with Crippen LogP contribution in [0.25, 0.3) is 0 Å². The number of rotatable bonds is 1. The molecule has 3 heteroatoms. The van der Waals surface area contributed by atoms with E-state index in [1.165, 1.54) is 0 Å². The quantitative estimate of drug-likeness (QED) is 0.763. The van der Waals surface area contributed by atoms with Crippen LogP contribution in [0.1, 0.15) is 60.8 Å². The van der Waals surface area contributed by atoms with Gasteiger partial charge in [0.1, 0.15) is 0 Å². The molecule has 1 heterocycles. The molecule has 1 aromatic heterocycles. The maximum Gasteiger partial charge on any atom is 0.172 e. The molecule has 0 unspecified atom stereocenters. The number of carbonyl (C=O) groups is 1. The van der Waals surface area contributed by atoms with Gasteiger partial charge in [-0.3, -0.25) is 9.89 Å². The summed E-state index contributed by atoms with van der Waals surface area (Å²) in [6.45, 7) is 4.19. The Balaban J connectivity index is 2.11. The fourth-order valence-corrected chi connectivity index (χ4v) is 2.62. The number of aromatic amines is 1. The molecule has 2 aliphatic rings. The van der Waals surface area contributed by atoms with Crippen LogP contribution in [0, 0.1) is 5.41 Å². The highest BCUT2D eigenvalue weighted by molar-refractivity contribution is 6.05. The van der Waals surface area contributed by atoms with Gasteiger partial charge in [-0.15, -0.1) is 0 Å². The minimum Gasteiger partial charge on any atom is -0.293 e. The second-order valence-corrected chi connectivity index (χ2v) is 5.23.